The van der Waals surface area contributed by atoms with Crippen LogP contribution in [-0.4, -0.2) is 49.9 Å². The minimum Gasteiger partial charge on any atom is -0.444 e. The van der Waals surface area contributed by atoms with Gasteiger partial charge in [-0.05, 0) is 44.7 Å². The van der Waals surface area contributed by atoms with Gasteiger partial charge in [0.25, 0.3) is 0 Å². The topological polar surface area (TPSA) is 89.4 Å². The minimum atomic E-state index is -0.575. The Balaban J connectivity index is 1.52. The van der Waals surface area contributed by atoms with Crippen LogP contribution in [-0.2, 0) is 22.6 Å². The lowest BCUT2D eigenvalue weighted by molar-refractivity contribution is -0.125. The monoisotopic (exact) mass is 385 g/mol. The summed E-state index contributed by atoms with van der Waals surface area (Å²) in [6.45, 7) is 7.08. The molecule has 2 aromatic rings. The van der Waals surface area contributed by atoms with Crippen LogP contribution in [0.25, 0.3) is 0 Å². The van der Waals surface area contributed by atoms with Gasteiger partial charge in [-0.15, -0.1) is 0 Å². The molecule has 0 spiro atoms. The molecule has 1 aliphatic rings. The van der Waals surface area contributed by atoms with Crippen LogP contribution in [0.15, 0.2) is 36.9 Å². The van der Waals surface area contributed by atoms with Crippen molar-refractivity contribution in [1.29, 1.82) is 0 Å². The maximum absolute atomic E-state index is 12.6. The number of ether oxygens (including phenoxy) is 1. The zero-order valence-corrected chi connectivity index (χ0v) is 16.6. The van der Waals surface area contributed by atoms with Gasteiger partial charge < -0.3 is 10.1 Å². The van der Waals surface area contributed by atoms with Crippen LogP contribution >= 0.6 is 0 Å². The normalized spacial score (nSPS) is 16.8. The van der Waals surface area contributed by atoms with Crippen LogP contribution in [0.3, 0.4) is 0 Å². The molecular weight excluding hydrogens is 358 g/mol. The number of carbonyl (C=O) groups excluding carboxylic acids is 2. The molecule has 0 bridgehead atoms. The van der Waals surface area contributed by atoms with E-state index in [1.165, 1.54) is 11.2 Å². The van der Waals surface area contributed by atoms with Gasteiger partial charge in [-0.2, -0.15) is 5.10 Å². The Morgan fingerprint density at radius 1 is 1.21 bits per heavy atom. The Kier molecular flexibility index (Phi) is 5.96. The lowest BCUT2D eigenvalue weighted by Gasteiger charge is -2.28. The second kappa shape index (κ2) is 8.41. The molecule has 3 rings (SSSR count). The SMILES string of the molecule is CC(C)(C)OC(=O)N1CCCC1C(=O)NCc1ccc(Cn2cncn2)cc1. The molecule has 1 atom stereocenters. The smallest absolute Gasteiger partial charge is 0.410 e. The highest BCUT2D eigenvalue weighted by atomic mass is 16.6. The fourth-order valence-electron chi connectivity index (χ4n) is 3.15. The summed E-state index contributed by atoms with van der Waals surface area (Å²) in [6, 6.07) is 7.50. The van der Waals surface area contributed by atoms with E-state index in [-0.39, 0.29) is 5.91 Å². The summed E-state index contributed by atoms with van der Waals surface area (Å²) in [5.74, 6) is -0.143. The van der Waals surface area contributed by atoms with Crippen LogP contribution < -0.4 is 5.32 Å². The molecule has 1 aliphatic heterocycles. The lowest BCUT2D eigenvalue weighted by atomic mass is 10.1. The Morgan fingerprint density at radius 3 is 2.57 bits per heavy atom. The van der Waals surface area contributed by atoms with Gasteiger partial charge in [-0.3, -0.25) is 9.69 Å². The second-order valence-electron chi connectivity index (χ2n) is 7.96. The minimum absolute atomic E-state index is 0.143. The standard InChI is InChI=1S/C20H27N5O3/c1-20(2,3)28-19(27)25-10-4-5-17(25)18(26)22-11-15-6-8-16(9-7-15)12-24-14-21-13-23-24/h6-9,13-14,17H,4-5,10-12H2,1-3H3,(H,22,26). The van der Waals surface area contributed by atoms with Gasteiger partial charge >= 0.3 is 6.09 Å². The van der Waals surface area contributed by atoms with Crippen LogP contribution in [0.1, 0.15) is 44.7 Å². The number of amides is 2. The van der Waals surface area contributed by atoms with Crippen LogP contribution in [0.5, 0.6) is 0 Å². The van der Waals surface area contributed by atoms with E-state index in [1.807, 2.05) is 45.0 Å². The van der Waals surface area contributed by atoms with Gasteiger partial charge in [0.2, 0.25) is 5.91 Å². The van der Waals surface area contributed by atoms with Crippen molar-refractivity contribution in [3.8, 4) is 0 Å². The van der Waals surface area contributed by atoms with Gasteiger partial charge in [0.05, 0.1) is 6.54 Å². The van der Waals surface area contributed by atoms with E-state index in [4.69, 9.17) is 4.74 Å². The quantitative estimate of drug-likeness (QED) is 0.853. The molecule has 150 valence electrons. The van der Waals surface area contributed by atoms with E-state index < -0.39 is 17.7 Å². The Bertz CT molecular complexity index is 796. The molecule has 1 unspecified atom stereocenters. The average Bonchev–Trinajstić information content (AvgIpc) is 3.31. The van der Waals surface area contributed by atoms with Gasteiger partial charge in [0.15, 0.2) is 0 Å². The van der Waals surface area contributed by atoms with Gasteiger partial charge in [0, 0.05) is 13.1 Å². The van der Waals surface area contributed by atoms with Crippen molar-refractivity contribution >= 4 is 12.0 Å². The van der Waals surface area contributed by atoms with E-state index in [9.17, 15) is 9.59 Å². The van der Waals surface area contributed by atoms with Gasteiger partial charge in [0.1, 0.15) is 24.3 Å². The number of benzene rings is 1. The van der Waals surface area contributed by atoms with E-state index in [1.54, 1.807) is 11.0 Å². The van der Waals surface area contributed by atoms with Crippen LogP contribution in [0.2, 0.25) is 0 Å². The Morgan fingerprint density at radius 2 is 1.93 bits per heavy atom. The Labute approximate surface area is 164 Å². The lowest BCUT2D eigenvalue weighted by Crippen LogP contribution is -2.47. The van der Waals surface area contributed by atoms with Gasteiger partial charge in [-0.25, -0.2) is 14.5 Å². The number of aromatic nitrogens is 3. The number of nitrogens with zero attached hydrogens (tertiary/aromatic N) is 4. The molecule has 1 fully saturated rings. The van der Waals surface area contributed by atoms with E-state index >= 15 is 0 Å². The van der Waals surface area contributed by atoms with Crippen molar-refractivity contribution in [3.05, 3.63) is 48.0 Å². The van der Waals surface area contributed by atoms with Crippen LogP contribution in [0, 0.1) is 0 Å². The molecule has 0 radical (unpaired) electrons. The first-order valence-electron chi connectivity index (χ1n) is 9.49. The molecule has 1 aromatic carbocycles. The molecule has 1 saturated heterocycles. The van der Waals surface area contributed by atoms with E-state index in [2.05, 4.69) is 15.4 Å². The van der Waals surface area contributed by atoms with Crippen molar-refractivity contribution in [3.63, 3.8) is 0 Å². The number of likely N-dealkylation sites (tertiary alicyclic amines) is 1. The third kappa shape index (κ3) is 5.31. The fourth-order valence-corrected chi connectivity index (χ4v) is 3.15. The van der Waals surface area contributed by atoms with Crippen molar-refractivity contribution in [2.24, 2.45) is 0 Å². The van der Waals surface area contributed by atoms with Gasteiger partial charge in [-0.1, -0.05) is 24.3 Å². The summed E-state index contributed by atoms with van der Waals surface area (Å²) >= 11 is 0. The summed E-state index contributed by atoms with van der Waals surface area (Å²) in [7, 11) is 0. The summed E-state index contributed by atoms with van der Waals surface area (Å²) < 4.78 is 7.17. The molecule has 1 N–H and O–H groups in total. The largest absolute Gasteiger partial charge is 0.444 e. The molecular formula is C20H27N5O3. The highest BCUT2D eigenvalue weighted by Gasteiger charge is 2.36. The molecule has 2 heterocycles. The van der Waals surface area contributed by atoms with Crippen molar-refractivity contribution in [2.75, 3.05) is 6.54 Å². The zero-order chi connectivity index (χ0) is 20.1. The first-order chi connectivity index (χ1) is 13.3. The molecule has 0 saturated carbocycles. The first kappa shape index (κ1) is 19.9. The molecule has 8 heteroatoms. The third-order valence-electron chi connectivity index (χ3n) is 4.48. The number of nitrogens with one attached hydrogen (secondary N) is 1. The molecule has 2 amide bonds. The molecule has 0 aliphatic carbocycles. The predicted octanol–water partition coefficient (Wildman–Crippen LogP) is 2.34. The number of rotatable bonds is 5. The van der Waals surface area contributed by atoms with Crippen molar-refractivity contribution in [2.45, 2.75) is 58.3 Å². The summed E-state index contributed by atoms with van der Waals surface area (Å²) in [4.78, 5) is 30.4. The highest BCUT2D eigenvalue weighted by molar-refractivity contribution is 5.86. The summed E-state index contributed by atoms with van der Waals surface area (Å²) in [6.07, 6.45) is 4.21. The summed E-state index contributed by atoms with van der Waals surface area (Å²) in [5, 5.41) is 7.02. The number of carbonyl (C=O) groups is 2. The first-order valence-corrected chi connectivity index (χ1v) is 9.49. The third-order valence-corrected chi connectivity index (χ3v) is 4.48. The fraction of sp³-hybridized carbons (Fsp3) is 0.500. The number of hydrogen-bond donors (Lipinski definition) is 1. The van der Waals surface area contributed by atoms with E-state index in [0.29, 0.717) is 26.1 Å². The van der Waals surface area contributed by atoms with Crippen LogP contribution in [0.4, 0.5) is 4.79 Å². The molecule has 8 nitrogen and oxygen atoms in total. The van der Waals surface area contributed by atoms with Crippen molar-refractivity contribution < 1.29 is 14.3 Å². The molecule has 1 aromatic heterocycles. The van der Waals surface area contributed by atoms with Crippen molar-refractivity contribution in [1.82, 2.24) is 25.0 Å². The second-order valence-corrected chi connectivity index (χ2v) is 7.96. The average molecular weight is 385 g/mol. The highest BCUT2D eigenvalue weighted by Crippen LogP contribution is 2.21. The predicted molar refractivity (Wildman–Crippen MR) is 103 cm³/mol. The Hall–Kier alpha value is -2.90. The maximum Gasteiger partial charge on any atom is 0.410 e. The molecule has 28 heavy (non-hydrogen) atoms. The maximum atomic E-state index is 12.6. The van der Waals surface area contributed by atoms with E-state index in [0.717, 1.165) is 17.5 Å². The number of hydrogen-bond acceptors (Lipinski definition) is 5. The zero-order valence-electron chi connectivity index (χ0n) is 16.6. The summed E-state index contributed by atoms with van der Waals surface area (Å²) in [5.41, 5.74) is 1.53.